The number of carbonyl (C=O) groups is 1. The number of likely N-dealkylation sites (tertiary alicyclic amines) is 1. The number of rotatable bonds is 4. The molecule has 1 atom stereocenters. The molecule has 3 aliphatic rings. The smallest absolute Gasteiger partial charge is 0.225 e. The molecule has 5 rings (SSSR count). The van der Waals surface area contributed by atoms with Crippen LogP contribution in [0.2, 0.25) is 0 Å². The van der Waals surface area contributed by atoms with Gasteiger partial charge >= 0.3 is 0 Å². The van der Waals surface area contributed by atoms with E-state index in [1.165, 1.54) is 19.3 Å². The van der Waals surface area contributed by atoms with Crippen molar-refractivity contribution < 1.29 is 4.79 Å². The summed E-state index contributed by atoms with van der Waals surface area (Å²) in [6, 6.07) is 4.07. The summed E-state index contributed by atoms with van der Waals surface area (Å²) in [4.78, 5) is 34.2. The van der Waals surface area contributed by atoms with Crippen LogP contribution in [-0.4, -0.2) is 77.0 Å². The van der Waals surface area contributed by atoms with E-state index in [1.54, 1.807) is 0 Å². The van der Waals surface area contributed by atoms with Gasteiger partial charge in [0.15, 0.2) is 0 Å². The number of carbonyl (C=O) groups excluding carboxylic acids is 1. The first-order valence-electron chi connectivity index (χ1n) is 12.7. The molecule has 0 radical (unpaired) electrons. The van der Waals surface area contributed by atoms with Gasteiger partial charge in [-0.25, -0.2) is 9.97 Å². The SMILES string of the molecule is CN1CCN(c2ncc(-c3ccncc3)c(C3CCCN(C(=O)C4CCCCC4)C3)n2)CC1. The van der Waals surface area contributed by atoms with E-state index in [-0.39, 0.29) is 11.8 Å². The van der Waals surface area contributed by atoms with E-state index in [4.69, 9.17) is 9.97 Å². The second-order valence-electron chi connectivity index (χ2n) is 9.95. The summed E-state index contributed by atoms with van der Waals surface area (Å²) in [5.74, 6) is 1.66. The van der Waals surface area contributed by atoms with Gasteiger partial charge in [-0.3, -0.25) is 9.78 Å². The molecule has 1 unspecified atom stereocenters. The number of aromatic nitrogens is 3. The van der Waals surface area contributed by atoms with Crippen molar-refractivity contribution in [3.8, 4) is 11.1 Å². The Morgan fingerprint density at radius 2 is 1.70 bits per heavy atom. The van der Waals surface area contributed by atoms with E-state index in [2.05, 4.69) is 26.7 Å². The molecule has 1 saturated carbocycles. The summed E-state index contributed by atoms with van der Waals surface area (Å²) >= 11 is 0. The average Bonchev–Trinajstić information content (AvgIpc) is 2.89. The van der Waals surface area contributed by atoms with Crippen molar-refractivity contribution >= 4 is 11.9 Å². The van der Waals surface area contributed by atoms with Gasteiger partial charge in [0.2, 0.25) is 11.9 Å². The number of anilines is 1. The van der Waals surface area contributed by atoms with Crippen LogP contribution in [0.25, 0.3) is 11.1 Å². The molecule has 33 heavy (non-hydrogen) atoms. The Bertz CT molecular complexity index is 937. The molecular weight excluding hydrogens is 412 g/mol. The molecular formula is C26H36N6O. The normalized spacial score (nSPS) is 23.0. The third-order valence-electron chi connectivity index (χ3n) is 7.66. The lowest BCUT2D eigenvalue weighted by atomic mass is 9.86. The highest BCUT2D eigenvalue weighted by molar-refractivity contribution is 5.79. The van der Waals surface area contributed by atoms with Crippen LogP contribution in [0.5, 0.6) is 0 Å². The molecule has 2 aliphatic heterocycles. The molecule has 7 heteroatoms. The quantitative estimate of drug-likeness (QED) is 0.712. The topological polar surface area (TPSA) is 65.5 Å². The molecule has 7 nitrogen and oxygen atoms in total. The average molecular weight is 449 g/mol. The minimum absolute atomic E-state index is 0.225. The van der Waals surface area contributed by atoms with Crippen LogP contribution in [0.3, 0.4) is 0 Å². The van der Waals surface area contributed by atoms with Gasteiger partial charge in [0.05, 0.1) is 5.69 Å². The number of piperazine rings is 1. The number of nitrogens with zero attached hydrogens (tertiary/aromatic N) is 6. The van der Waals surface area contributed by atoms with E-state index >= 15 is 0 Å². The number of piperidine rings is 1. The van der Waals surface area contributed by atoms with E-state index in [9.17, 15) is 4.79 Å². The van der Waals surface area contributed by atoms with Gasteiger partial charge in [0.25, 0.3) is 0 Å². The summed E-state index contributed by atoms with van der Waals surface area (Å²) in [5.41, 5.74) is 3.26. The summed E-state index contributed by atoms with van der Waals surface area (Å²) in [5, 5.41) is 0. The number of likely N-dealkylation sites (N-methyl/N-ethyl adjacent to an activating group) is 1. The van der Waals surface area contributed by atoms with Gasteiger partial charge in [0, 0.05) is 75.3 Å². The largest absolute Gasteiger partial charge is 0.342 e. The molecule has 1 amide bonds. The molecule has 0 bridgehead atoms. The summed E-state index contributed by atoms with van der Waals surface area (Å²) in [7, 11) is 2.16. The highest BCUT2D eigenvalue weighted by Crippen LogP contribution is 2.35. The third-order valence-corrected chi connectivity index (χ3v) is 7.66. The highest BCUT2D eigenvalue weighted by atomic mass is 16.2. The molecule has 0 N–H and O–H groups in total. The Balaban J connectivity index is 1.42. The Kier molecular flexibility index (Phi) is 6.85. The van der Waals surface area contributed by atoms with E-state index < -0.39 is 0 Å². The summed E-state index contributed by atoms with van der Waals surface area (Å²) in [6.07, 6.45) is 13.5. The lowest BCUT2D eigenvalue weighted by Crippen LogP contribution is -2.45. The monoisotopic (exact) mass is 448 g/mol. The van der Waals surface area contributed by atoms with Crippen LogP contribution in [-0.2, 0) is 4.79 Å². The summed E-state index contributed by atoms with van der Waals surface area (Å²) in [6.45, 7) is 5.60. The molecule has 4 heterocycles. The number of hydrogen-bond donors (Lipinski definition) is 0. The minimum atomic E-state index is 0.225. The minimum Gasteiger partial charge on any atom is -0.342 e. The Labute approximate surface area is 197 Å². The van der Waals surface area contributed by atoms with Crippen molar-refractivity contribution in [2.75, 3.05) is 51.2 Å². The maximum Gasteiger partial charge on any atom is 0.225 e. The fourth-order valence-corrected chi connectivity index (χ4v) is 5.62. The highest BCUT2D eigenvalue weighted by Gasteiger charge is 2.32. The van der Waals surface area contributed by atoms with E-state index in [0.717, 1.165) is 87.7 Å². The second-order valence-corrected chi connectivity index (χ2v) is 9.95. The number of hydrogen-bond acceptors (Lipinski definition) is 6. The first kappa shape index (κ1) is 22.3. The number of pyridine rings is 1. The zero-order chi connectivity index (χ0) is 22.6. The molecule has 2 aromatic rings. The van der Waals surface area contributed by atoms with Gasteiger partial charge in [-0.05, 0) is 50.4 Å². The van der Waals surface area contributed by atoms with Crippen molar-refractivity contribution in [3.63, 3.8) is 0 Å². The van der Waals surface area contributed by atoms with Crippen molar-refractivity contribution in [1.82, 2.24) is 24.8 Å². The van der Waals surface area contributed by atoms with Gasteiger partial charge < -0.3 is 14.7 Å². The first-order chi connectivity index (χ1) is 16.2. The van der Waals surface area contributed by atoms with Gasteiger partial charge in [-0.15, -0.1) is 0 Å². The van der Waals surface area contributed by atoms with Crippen LogP contribution >= 0.6 is 0 Å². The fraction of sp³-hybridized carbons (Fsp3) is 0.615. The molecule has 176 valence electrons. The van der Waals surface area contributed by atoms with Crippen molar-refractivity contribution in [3.05, 3.63) is 36.4 Å². The predicted molar refractivity (Wildman–Crippen MR) is 130 cm³/mol. The van der Waals surface area contributed by atoms with Crippen LogP contribution in [0, 0.1) is 5.92 Å². The van der Waals surface area contributed by atoms with Crippen LogP contribution in [0.4, 0.5) is 5.95 Å². The third kappa shape index (κ3) is 5.03. The van der Waals surface area contributed by atoms with Crippen molar-refractivity contribution in [2.45, 2.75) is 50.9 Å². The second kappa shape index (κ2) is 10.2. The van der Waals surface area contributed by atoms with E-state index in [1.807, 2.05) is 30.7 Å². The molecule has 0 spiro atoms. The fourth-order valence-electron chi connectivity index (χ4n) is 5.62. The van der Waals surface area contributed by atoms with E-state index in [0.29, 0.717) is 5.91 Å². The molecule has 2 aromatic heterocycles. The lowest BCUT2D eigenvalue weighted by Gasteiger charge is -2.37. The van der Waals surface area contributed by atoms with Crippen LogP contribution in [0.15, 0.2) is 30.7 Å². The van der Waals surface area contributed by atoms with Crippen molar-refractivity contribution in [1.29, 1.82) is 0 Å². The van der Waals surface area contributed by atoms with Gasteiger partial charge in [0.1, 0.15) is 0 Å². The number of amides is 1. The summed E-state index contributed by atoms with van der Waals surface area (Å²) < 4.78 is 0. The zero-order valence-electron chi connectivity index (χ0n) is 19.8. The zero-order valence-corrected chi connectivity index (χ0v) is 19.8. The molecule has 0 aromatic carbocycles. The molecule has 2 saturated heterocycles. The maximum atomic E-state index is 13.3. The predicted octanol–water partition coefficient (Wildman–Crippen LogP) is 3.58. The Morgan fingerprint density at radius 3 is 2.45 bits per heavy atom. The van der Waals surface area contributed by atoms with Crippen molar-refractivity contribution in [2.24, 2.45) is 5.92 Å². The Morgan fingerprint density at radius 1 is 0.939 bits per heavy atom. The van der Waals surface area contributed by atoms with Crippen LogP contribution < -0.4 is 4.90 Å². The molecule has 1 aliphatic carbocycles. The Hall–Kier alpha value is -2.54. The standard InChI is InChI=1S/C26H36N6O/c1-30-14-16-31(17-15-30)26-28-18-23(20-9-11-27-12-10-20)24(29-26)22-8-5-13-32(19-22)25(33)21-6-3-2-4-7-21/h9-12,18,21-22H,2-8,13-17,19H2,1H3. The maximum absolute atomic E-state index is 13.3. The van der Waals surface area contributed by atoms with Gasteiger partial charge in [-0.1, -0.05) is 19.3 Å². The van der Waals surface area contributed by atoms with Gasteiger partial charge in [-0.2, -0.15) is 0 Å². The first-order valence-corrected chi connectivity index (χ1v) is 12.7. The van der Waals surface area contributed by atoms with Crippen LogP contribution in [0.1, 0.15) is 56.6 Å². The lowest BCUT2D eigenvalue weighted by molar-refractivity contribution is -0.137. The molecule has 3 fully saturated rings.